The van der Waals surface area contributed by atoms with E-state index in [2.05, 4.69) is 20.3 Å². The van der Waals surface area contributed by atoms with Crippen molar-refractivity contribution in [2.24, 2.45) is 0 Å². The lowest BCUT2D eigenvalue weighted by Crippen LogP contribution is -2.12. The first-order valence-electron chi connectivity index (χ1n) is 6.31. The number of fused-ring (bicyclic) bond motifs is 1. The maximum Gasteiger partial charge on any atom is 0.257 e. The van der Waals surface area contributed by atoms with Crippen LogP contribution in [0.25, 0.3) is 11.2 Å². The number of pyridine rings is 1. The van der Waals surface area contributed by atoms with Gasteiger partial charge in [0.1, 0.15) is 0 Å². The first kappa shape index (κ1) is 12.3. The Bertz CT molecular complexity index is 791. The lowest BCUT2D eigenvalue weighted by molar-refractivity contribution is 0.102. The van der Waals surface area contributed by atoms with E-state index in [0.29, 0.717) is 11.2 Å². The Morgan fingerprint density at radius 2 is 2.00 bits per heavy atom. The van der Waals surface area contributed by atoms with Crippen LogP contribution in [0, 0.1) is 13.8 Å². The van der Waals surface area contributed by atoms with Crippen LogP contribution in [-0.2, 0) is 0 Å². The summed E-state index contributed by atoms with van der Waals surface area (Å²) in [5.74, 6) is -0.183. The largest absolute Gasteiger partial charge is 0.343 e. The summed E-state index contributed by atoms with van der Waals surface area (Å²) in [7, 11) is 0. The van der Waals surface area contributed by atoms with Crippen LogP contribution in [0.1, 0.15) is 21.5 Å². The second-order valence-corrected chi connectivity index (χ2v) is 4.75. The molecule has 1 amide bonds. The molecule has 0 saturated heterocycles. The molecule has 2 heterocycles. The number of nitrogens with zero attached hydrogens (tertiary/aromatic N) is 2. The molecule has 0 spiro atoms. The summed E-state index contributed by atoms with van der Waals surface area (Å²) < 4.78 is 0. The van der Waals surface area contributed by atoms with Gasteiger partial charge in [-0.25, -0.2) is 9.97 Å². The fourth-order valence-corrected chi connectivity index (χ4v) is 1.98. The van der Waals surface area contributed by atoms with Crippen LogP contribution < -0.4 is 5.32 Å². The number of anilines is 1. The van der Waals surface area contributed by atoms with E-state index in [9.17, 15) is 4.79 Å². The Morgan fingerprint density at radius 1 is 1.15 bits per heavy atom. The highest BCUT2D eigenvalue weighted by molar-refractivity contribution is 6.05. The number of carbonyl (C=O) groups excluding carboxylic acids is 1. The van der Waals surface area contributed by atoms with Crippen molar-refractivity contribution in [2.75, 3.05) is 5.32 Å². The number of hydrogen-bond acceptors (Lipinski definition) is 3. The zero-order valence-electron chi connectivity index (χ0n) is 11.3. The van der Waals surface area contributed by atoms with Crippen LogP contribution >= 0.6 is 0 Å². The molecule has 0 bridgehead atoms. The summed E-state index contributed by atoms with van der Waals surface area (Å²) in [6.45, 7) is 4.06. The second-order valence-electron chi connectivity index (χ2n) is 4.75. The van der Waals surface area contributed by atoms with E-state index in [1.807, 2.05) is 32.0 Å². The highest BCUT2D eigenvalue weighted by Gasteiger charge is 2.09. The van der Waals surface area contributed by atoms with Gasteiger partial charge in [0.15, 0.2) is 5.65 Å². The van der Waals surface area contributed by atoms with Gasteiger partial charge in [0, 0.05) is 11.9 Å². The van der Waals surface area contributed by atoms with Gasteiger partial charge in [0.05, 0.1) is 17.4 Å². The van der Waals surface area contributed by atoms with E-state index in [1.165, 1.54) is 11.8 Å². The van der Waals surface area contributed by atoms with Crippen LogP contribution in [0.4, 0.5) is 5.69 Å². The van der Waals surface area contributed by atoms with Crippen LogP contribution in [0.15, 0.2) is 36.8 Å². The van der Waals surface area contributed by atoms with E-state index in [4.69, 9.17) is 0 Å². The Kier molecular flexibility index (Phi) is 2.95. The van der Waals surface area contributed by atoms with Crippen molar-refractivity contribution < 1.29 is 4.79 Å². The number of benzene rings is 1. The van der Waals surface area contributed by atoms with Crippen LogP contribution in [0.5, 0.6) is 0 Å². The molecular weight excluding hydrogens is 252 g/mol. The number of aromatic amines is 1. The van der Waals surface area contributed by atoms with Crippen molar-refractivity contribution in [2.45, 2.75) is 13.8 Å². The third kappa shape index (κ3) is 2.25. The number of rotatable bonds is 2. The average molecular weight is 266 g/mol. The summed E-state index contributed by atoms with van der Waals surface area (Å²) in [6, 6.07) is 7.57. The van der Waals surface area contributed by atoms with Gasteiger partial charge in [-0.3, -0.25) is 4.79 Å². The SMILES string of the molecule is Cc1ccc(NC(=O)c2cnc3nc[nH]c3c2)cc1C. The molecule has 20 heavy (non-hydrogen) atoms. The topological polar surface area (TPSA) is 70.7 Å². The Labute approximate surface area is 116 Å². The minimum absolute atomic E-state index is 0.183. The van der Waals surface area contributed by atoms with Crippen molar-refractivity contribution in [3.8, 4) is 0 Å². The number of amides is 1. The summed E-state index contributed by atoms with van der Waals surface area (Å²) in [5.41, 5.74) is 4.97. The molecule has 100 valence electrons. The quantitative estimate of drug-likeness (QED) is 0.749. The summed E-state index contributed by atoms with van der Waals surface area (Å²) in [4.78, 5) is 23.3. The minimum Gasteiger partial charge on any atom is -0.343 e. The Balaban J connectivity index is 1.86. The molecule has 0 saturated carbocycles. The molecule has 2 aromatic heterocycles. The van der Waals surface area contributed by atoms with Gasteiger partial charge < -0.3 is 10.3 Å². The Morgan fingerprint density at radius 3 is 2.80 bits per heavy atom. The molecule has 3 rings (SSSR count). The highest BCUT2D eigenvalue weighted by atomic mass is 16.1. The van der Waals surface area contributed by atoms with Crippen LogP contribution in [0.2, 0.25) is 0 Å². The third-order valence-corrected chi connectivity index (χ3v) is 3.30. The molecule has 0 atom stereocenters. The molecule has 0 aliphatic heterocycles. The molecule has 0 fully saturated rings. The van der Waals surface area contributed by atoms with E-state index >= 15 is 0 Å². The zero-order valence-corrected chi connectivity index (χ0v) is 11.3. The van der Waals surface area contributed by atoms with Gasteiger partial charge in [-0.15, -0.1) is 0 Å². The zero-order chi connectivity index (χ0) is 14.1. The molecule has 5 nitrogen and oxygen atoms in total. The lowest BCUT2D eigenvalue weighted by atomic mass is 10.1. The smallest absolute Gasteiger partial charge is 0.257 e. The predicted molar refractivity (Wildman–Crippen MR) is 77.8 cm³/mol. The first-order valence-corrected chi connectivity index (χ1v) is 6.31. The molecule has 0 aliphatic rings. The van der Waals surface area contributed by atoms with Crippen LogP contribution in [-0.4, -0.2) is 20.9 Å². The third-order valence-electron chi connectivity index (χ3n) is 3.30. The molecule has 0 radical (unpaired) electrons. The van der Waals surface area contributed by atoms with E-state index in [0.717, 1.165) is 16.8 Å². The van der Waals surface area contributed by atoms with Gasteiger partial charge >= 0.3 is 0 Å². The highest BCUT2D eigenvalue weighted by Crippen LogP contribution is 2.16. The fraction of sp³-hybridized carbons (Fsp3) is 0.133. The predicted octanol–water partition coefficient (Wildman–Crippen LogP) is 2.83. The van der Waals surface area contributed by atoms with Crippen molar-refractivity contribution in [1.82, 2.24) is 15.0 Å². The number of nitrogens with one attached hydrogen (secondary N) is 2. The number of aryl methyl sites for hydroxylation is 2. The normalized spacial score (nSPS) is 10.7. The first-order chi connectivity index (χ1) is 9.63. The molecule has 3 aromatic rings. The molecule has 0 aliphatic carbocycles. The van der Waals surface area contributed by atoms with Crippen molar-refractivity contribution in [3.05, 3.63) is 53.5 Å². The summed E-state index contributed by atoms with van der Waals surface area (Å²) in [6.07, 6.45) is 3.09. The maximum atomic E-state index is 12.2. The van der Waals surface area contributed by atoms with Crippen molar-refractivity contribution >= 4 is 22.8 Å². The maximum absolute atomic E-state index is 12.2. The Hall–Kier alpha value is -2.69. The van der Waals surface area contributed by atoms with Crippen LogP contribution in [0.3, 0.4) is 0 Å². The lowest BCUT2D eigenvalue weighted by Gasteiger charge is -2.07. The molecular formula is C15H14N4O. The monoisotopic (exact) mass is 266 g/mol. The van der Waals surface area contributed by atoms with Gasteiger partial charge in [-0.1, -0.05) is 6.07 Å². The number of hydrogen-bond donors (Lipinski definition) is 2. The van der Waals surface area contributed by atoms with Crippen molar-refractivity contribution in [3.63, 3.8) is 0 Å². The van der Waals surface area contributed by atoms with Gasteiger partial charge in [-0.2, -0.15) is 0 Å². The molecule has 1 aromatic carbocycles. The average Bonchev–Trinajstić information content (AvgIpc) is 2.90. The van der Waals surface area contributed by atoms with Crippen molar-refractivity contribution in [1.29, 1.82) is 0 Å². The molecule has 2 N–H and O–H groups in total. The van der Waals surface area contributed by atoms with E-state index in [-0.39, 0.29) is 5.91 Å². The summed E-state index contributed by atoms with van der Waals surface area (Å²) >= 11 is 0. The standard InChI is InChI=1S/C15H14N4O/c1-9-3-4-12(5-10(9)2)19-15(20)11-6-13-14(16-7-11)18-8-17-13/h3-8H,1-2H3,(H,19,20)(H,16,17,18). The minimum atomic E-state index is -0.183. The van der Waals surface area contributed by atoms with E-state index < -0.39 is 0 Å². The summed E-state index contributed by atoms with van der Waals surface area (Å²) in [5, 5.41) is 2.87. The number of H-pyrrole nitrogens is 1. The molecule has 0 unspecified atom stereocenters. The van der Waals surface area contributed by atoms with Gasteiger partial charge in [0.25, 0.3) is 5.91 Å². The van der Waals surface area contributed by atoms with Gasteiger partial charge in [0.2, 0.25) is 0 Å². The number of carbonyl (C=O) groups is 1. The molecule has 5 heteroatoms. The van der Waals surface area contributed by atoms with Gasteiger partial charge in [-0.05, 0) is 43.2 Å². The fourth-order valence-electron chi connectivity index (χ4n) is 1.98. The van der Waals surface area contributed by atoms with E-state index in [1.54, 1.807) is 12.4 Å². The number of aromatic nitrogens is 3. The number of imidazole rings is 1. The second kappa shape index (κ2) is 4.77.